The van der Waals surface area contributed by atoms with Crippen molar-refractivity contribution < 1.29 is 0 Å². The summed E-state index contributed by atoms with van der Waals surface area (Å²) >= 11 is 0. The molecule has 4 nitrogen and oxygen atoms in total. The van der Waals surface area contributed by atoms with Gasteiger partial charge < -0.3 is 10.2 Å². The minimum atomic E-state index is -0.0180. The van der Waals surface area contributed by atoms with E-state index in [1.54, 1.807) is 0 Å². The molecule has 1 aliphatic rings. The van der Waals surface area contributed by atoms with Gasteiger partial charge in [-0.25, -0.2) is 0 Å². The van der Waals surface area contributed by atoms with Crippen molar-refractivity contribution in [3.8, 4) is 6.07 Å². The second-order valence-electron chi connectivity index (χ2n) is 4.73. The first kappa shape index (κ1) is 13.4. The van der Waals surface area contributed by atoms with Crippen molar-refractivity contribution in [3.05, 3.63) is 0 Å². The summed E-state index contributed by atoms with van der Waals surface area (Å²) in [4.78, 5) is 4.76. The lowest BCUT2D eigenvalue weighted by Crippen LogP contribution is -2.53. The highest BCUT2D eigenvalue weighted by atomic mass is 15.3. The predicted octanol–water partition coefficient (Wildman–Crippen LogP) is 0.514. The lowest BCUT2D eigenvalue weighted by molar-refractivity contribution is 0.101. The van der Waals surface area contributed by atoms with Gasteiger partial charge in [-0.2, -0.15) is 5.26 Å². The number of nitriles is 1. The van der Waals surface area contributed by atoms with E-state index in [1.165, 1.54) is 0 Å². The third-order valence-corrected chi connectivity index (χ3v) is 3.28. The number of nitrogens with one attached hydrogen (secondary N) is 1. The van der Waals surface area contributed by atoms with Crippen LogP contribution in [0.1, 0.15) is 20.3 Å². The summed E-state index contributed by atoms with van der Waals surface area (Å²) in [5.74, 6) is 0. The van der Waals surface area contributed by atoms with Crippen molar-refractivity contribution in [2.45, 2.75) is 32.4 Å². The van der Waals surface area contributed by atoms with Crippen LogP contribution in [0.5, 0.6) is 0 Å². The molecule has 0 aromatic rings. The third-order valence-electron chi connectivity index (χ3n) is 3.28. The highest BCUT2D eigenvalue weighted by Gasteiger charge is 2.22. The molecule has 2 unspecified atom stereocenters. The van der Waals surface area contributed by atoms with Crippen LogP contribution in [0, 0.1) is 11.3 Å². The molecule has 1 rings (SSSR count). The maximum atomic E-state index is 9.05. The van der Waals surface area contributed by atoms with Crippen LogP contribution in [-0.4, -0.2) is 61.7 Å². The molecule has 0 saturated carbocycles. The molecule has 16 heavy (non-hydrogen) atoms. The second-order valence-corrected chi connectivity index (χ2v) is 4.73. The molecule has 0 bridgehead atoms. The van der Waals surface area contributed by atoms with Gasteiger partial charge in [-0.05, 0) is 26.9 Å². The van der Waals surface area contributed by atoms with E-state index < -0.39 is 0 Å². The van der Waals surface area contributed by atoms with Crippen molar-refractivity contribution in [2.24, 2.45) is 0 Å². The van der Waals surface area contributed by atoms with Crippen LogP contribution < -0.4 is 5.32 Å². The monoisotopic (exact) mass is 224 g/mol. The van der Waals surface area contributed by atoms with E-state index in [4.69, 9.17) is 5.26 Å². The Morgan fingerprint density at radius 3 is 2.81 bits per heavy atom. The van der Waals surface area contributed by atoms with Gasteiger partial charge in [0.15, 0.2) is 0 Å². The van der Waals surface area contributed by atoms with Crippen molar-refractivity contribution in [1.82, 2.24) is 15.1 Å². The Balaban J connectivity index is 2.32. The number of hydrogen-bond donors (Lipinski definition) is 1. The number of rotatable bonds is 5. The molecule has 0 aromatic heterocycles. The zero-order chi connectivity index (χ0) is 12.0. The Kier molecular flexibility index (Phi) is 5.75. The first-order valence-corrected chi connectivity index (χ1v) is 6.23. The normalized spacial score (nSPS) is 25.2. The number of likely N-dealkylation sites (N-methyl/N-ethyl adjacent to an activating group) is 1. The highest BCUT2D eigenvalue weighted by Crippen LogP contribution is 2.07. The van der Waals surface area contributed by atoms with Gasteiger partial charge >= 0.3 is 0 Å². The van der Waals surface area contributed by atoms with Gasteiger partial charge in [0.1, 0.15) is 6.04 Å². The van der Waals surface area contributed by atoms with E-state index in [-0.39, 0.29) is 6.04 Å². The maximum absolute atomic E-state index is 9.05. The fourth-order valence-corrected chi connectivity index (χ4v) is 2.02. The topological polar surface area (TPSA) is 42.3 Å². The largest absolute Gasteiger partial charge is 0.301 e. The molecular weight excluding hydrogens is 200 g/mol. The molecule has 4 heteroatoms. The average Bonchev–Trinajstić information content (AvgIpc) is 2.29. The molecule has 1 fully saturated rings. The molecule has 1 heterocycles. The molecule has 0 amide bonds. The number of nitrogens with zero attached hydrogens (tertiary/aromatic N) is 3. The second kappa shape index (κ2) is 6.85. The first-order valence-electron chi connectivity index (χ1n) is 6.23. The zero-order valence-electron chi connectivity index (χ0n) is 10.7. The van der Waals surface area contributed by atoms with E-state index in [0.717, 1.165) is 39.1 Å². The lowest BCUT2D eigenvalue weighted by atomic mass is 10.2. The van der Waals surface area contributed by atoms with Gasteiger partial charge in [-0.3, -0.25) is 4.90 Å². The molecule has 1 aliphatic heterocycles. The Morgan fingerprint density at radius 2 is 2.25 bits per heavy atom. The molecule has 2 atom stereocenters. The van der Waals surface area contributed by atoms with E-state index in [1.807, 2.05) is 0 Å². The van der Waals surface area contributed by atoms with Gasteiger partial charge in [0.25, 0.3) is 0 Å². The summed E-state index contributed by atoms with van der Waals surface area (Å²) in [6.07, 6.45) is 1.08. The Labute approximate surface area is 99.2 Å². The smallest absolute Gasteiger partial charge is 0.108 e. The first-order chi connectivity index (χ1) is 7.67. The molecule has 0 aliphatic carbocycles. The third kappa shape index (κ3) is 4.09. The van der Waals surface area contributed by atoms with Crippen LogP contribution in [-0.2, 0) is 0 Å². The fraction of sp³-hybridized carbons (Fsp3) is 0.917. The SMILES string of the molecule is CCCNC(C#N)CN1CCN(C)C(C)C1. The summed E-state index contributed by atoms with van der Waals surface area (Å²) in [6, 6.07) is 2.92. The summed E-state index contributed by atoms with van der Waals surface area (Å²) in [6.45, 7) is 9.41. The summed E-state index contributed by atoms with van der Waals surface area (Å²) in [5.41, 5.74) is 0. The molecule has 1 saturated heterocycles. The number of piperazine rings is 1. The molecule has 0 aromatic carbocycles. The maximum Gasteiger partial charge on any atom is 0.108 e. The van der Waals surface area contributed by atoms with Crippen LogP contribution in [0.2, 0.25) is 0 Å². The Morgan fingerprint density at radius 1 is 1.50 bits per heavy atom. The van der Waals surface area contributed by atoms with Crippen molar-refractivity contribution >= 4 is 0 Å². The van der Waals surface area contributed by atoms with Crippen molar-refractivity contribution in [1.29, 1.82) is 5.26 Å². The minimum absolute atomic E-state index is 0.0180. The molecule has 0 spiro atoms. The summed E-state index contributed by atoms with van der Waals surface area (Å²) in [7, 11) is 2.17. The highest BCUT2D eigenvalue weighted by molar-refractivity contribution is 4.93. The van der Waals surface area contributed by atoms with Crippen molar-refractivity contribution in [2.75, 3.05) is 39.8 Å². The van der Waals surface area contributed by atoms with Crippen LogP contribution in [0.3, 0.4) is 0 Å². The summed E-state index contributed by atoms with van der Waals surface area (Å²) in [5, 5.41) is 12.3. The average molecular weight is 224 g/mol. The quantitative estimate of drug-likeness (QED) is 0.739. The lowest BCUT2D eigenvalue weighted by Gasteiger charge is -2.38. The Hall–Kier alpha value is -0.630. The van der Waals surface area contributed by atoms with Crippen LogP contribution in [0.25, 0.3) is 0 Å². The molecule has 0 radical (unpaired) electrons. The fourth-order valence-electron chi connectivity index (χ4n) is 2.02. The van der Waals surface area contributed by atoms with Gasteiger partial charge in [-0.15, -0.1) is 0 Å². The predicted molar refractivity (Wildman–Crippen MR) is 66.2 cm³/mol. The van der Waals surface area contributed by atoms with E-state index >= 15 is 0 Å². The van der Waals surface area contributed by atoms with Crippen LogP contribution >= 0.6 is 0 Å². The molecule has 1 N–H and O–H groups in total. The Bertz CT molecular complexity index is 236. The number of hydrogen-bond acceptors (Lipinski definition) is 4. The van der Waals surface area contributed by atoms with Gasteiger partial charge in [0, 0.05) is 32.2 Å². The van der Waals surface area contributed by atoms with Crippen LogP contribution in [0.15, 0.2) is 0 Å². The molecular formula is C12H24N4. The van der Waals surface area contributed by atoms with Crippen molar-refractivity contribution in [3.63, 3.8) is 0 Å². The summed E-state index contributed by atoms with van der Waals surface area (Å²) < 4.78 is 0. The van der Waals surface area contributed by atoms with E-state index in [9.17, 15) is 0 Å². The van der Waals surface area contributed by atoms with Gasteiger partial charge in [-0.1, -0.05) is 6.92 Å². The van der Waals surface area contributed by atoms with E-state index in [2.05, 4.69) is 42.1 Å². The minimum Gasteiger partial charge on any atom is -0.301 e. The zero-order valence-corrected chi connectivity index (χ0v) is 10.7. The molecule has 92 valence electrons. The van der Waals surface area contributed by atoms with Gasteiger partial charge in [0.05, 0.1) is 6.07 Å². The standard InChI is InChI=1S/C12H24N4/c1-4-5-14-12(8-13)10-16-7-6-15(3)11(2)9-16/h11-12,14H,4-7,9-10H2,1-3H3. The van der Waals surface area contributed by atoms with Crippen LogP contribution in [0.4, 0.5) is 0 Å². The van der Waals surface area contributed by atoms with Gasteiger partial charge in [0.2, 0.25) is 0 Å². The van der Waals surface area contributed by atoms with E-state index in [0.29, 0.717) is 6.04 Å².